The largest absolute Gasteiger partial charge is 0.486 e. The van der Waals surface area contributed by atoms with Crippen LogP contribution in [0.3, 0.4) is 0 Å². The highest BCUT2D eigenvalue weighted by Gasteiger charge is 2.41. The fourth-order valence-electron chi connectivity index (χ4n) is 5.95. The average Bonchev–Trinajstić information content (AvgIpc) is 3.26. The van der Waals surface area contributed by atoms with E-state index >= 15 is 0 Å². The third-order valence-electron chi connectivity index (χ3n) is 7.94. The molecule has 3 heterocycles. The fraction of sp³-hybridized carbons (Fsp3) is 0.344. The molecule has 0 bridgehead atoms. The summed E-state index contributed by atoms with van der Waals surface area (Å²) in [7, 11) is 0. The maximum atomic E-state index is 13.7. The number of carbonyl (C=O) groups is 3. The first-order valence-electron chi connectivity index (χ1n) is 14.1. The minimum absolute atomic E-state index is 0.0149. The van der Waals surface area contributed by atoms with Gasteiger partial charge in [0.15, 0.2) is 17.6 Å². The van der Waals surface area contributed by atoms with Crippen molar-refractivity contribution in [3.8, 4) is 11.5 Å². The number of piperidine rings is 1. The Morgan fingerprint density at radius 3 is 2.54 bits per heavy atom. The fourth-order valence-corrected chi connectivity index (χ4v) is 5.95. The highest BCUT2D eigenvalue weighted by Crippen LogP contribution is 2.36. The standard InChI is InChI=1S/C32H33N3O6/c36-17-16-34(18-22-8-2-1-3-9-22)30(37)23-10-7-15-33(19-23)26-12-6-11-25-29(26)32(39)35(31(25)38)20-24-21-40-27-13-4-5-14-28(27)41-24/h1-6,8-9,11-14,23-24,36H,7,10,15-21H2/t23-,24-/m0/s1. The highest BCUT2D eigenvalue weighted by molar-refractivity contribution is 6.23. The second-order valence-corrected chi connectivity index (χ2v) is 10.7. The van der Waals surface area contributed by atoms with Crippen molar-refractivity contribution < 1.29 is 29.0 Å². The number of rotatable bonds is 8. The van der Waals surface area contributed by atoms with Crippen molar-refractivity contribution in [3.05, 3.63) is 89.5 Å². The summed E-state index contributed by atoms with van der Waals surface area (Å²) in [5.74, 6) is 0.222. The van der Waals surface area contributed by atoms with Crippen molar-refractivity contribution in [3.63, 3.8) is 0 Å². The minimum atomic E-state index is -0.477. The quantitative estimate of drug-likeness (QED) is 0.426. The predicted molar refractivity (Wildman–Crippen MR) is 152 cm³/mol. The second kappa shape index (κ2) is 11.6. The van der Waals surface area contributed by atoms with E-state index in [1.165, 1.54) is 4.90 Å². The molecule has 0 spiro atoms. The van der Waals surface area contributed by atoms with E-state index in [1.54, 1.807) is 23.1 Å². The summed E-state index contributed by atoms with van der Waals surface area (Å²) >= 11 is 0. The Morgan fingerprint density at radius 2 is 1.73 bits per heavy atom. The Hall–Kier alpha value is -4.37. The molecule has 0 aromatic heterocycles. The number of hydrogen-bond donors (Lipinski definition) is 1. The van der Waals surface area contributed by atoms with Crippen LogP contribution in [-0.2, 0) is 11.3 Å². The van der Waals surface area contributed by atoms with Gasteiger partial charge in [0.25, 0.3) is 11.8 Å². The number of carbonyl (C=O) groups excluding carboxylic acids is 3. The summed E-state index contributed by atoms with van der Waals surface area (Å²) in [6.07, 6.45) is 1.02. The zero-order chi connectivity index (χ0) is 28.3. The van der Waals surface area contributed by atoms with Gasteiger partial charge in [0.05, 0.1) is 35.9 Å². The van der Waals surface area contributed by atoms with Gasteiger partial charge in [-0.05, 0) is 42.7 Å². The zero-order valence-corrected chi connectivity index (χ0v) is 22.8. The lowest BCUT2D eigenvalue weighted by atomic mass is 9.94. The van der Waals surface area contributed by atoms with Gasteiger partial charge in [-0.25, -0.2) is 0 Å². The third kappa shape index (κ3) is 5.37. The molecule has 2 atom stereocenters. The number of imide groups is 1. The predicted octanol–water partition coefficient (Wildman–Crippen LogP) is 3.36. The van der Waals surface area contributed by atoms with Crippen LogP contribution in [0.1, 0.15) is 39.1 Å². The molecule has 1 saturated heterocycles. The lowest BCUT2D eigenvalue weighted by Gasteiger charge is -2.37. The Morgan fingerprint density at radius 1 is 0.951 bits per heavy atom. The number of hydrogen-bond acceptors (Lipinski definition) is 7. The van der Waals surface area contributed by atoms with Gasteiger partial charge >= 0.3 is 0 Å². The van der Waals surface area contributed by atoms with Crippen LogP contribution in [0.5, 0.6) is 11.5 Å². The van der Waals surface area contributed by atoms with E-state index in [-0.39, 0.29) is 49.9 Å². The van der Waals surface area contributed by atoms with Gasteiger partial charge in [0, 0.05) is 26.2 Å². The van der Waals surface area contributed by atoms with Crippen LogP contribution in [0.4, 0.5) is 5.69 Å². The molecular weight excluding hydrogens is 522 g/mol. The van der Waals surface area contributed by atoms with E-state index in [0.717, 1.165) is 18.4 Å². The van der Waals surface area contributed by atoms with E-state index < -0.39 is 6.10 Å². The molecule has 0 unspecified atom stereocenters. The summed E-state index contributed by atoms with van der Waals surface area (Å²) < 4.78 is 11.8. The molecule has 41 heavy (non-hydrogen) atoms. The van der Waals surface area contributed by atoms with Crippen molar-refractivity contribution in [1.82, 2.24) is 9.80 Å². The topological polar surface area (TPSA) is 99.6 Å². The first-order valence-corrected chi connectivity index (χ1v) is 14.1. The van der Waals surface area contributed by atoms with Gasteiger partial charge in [-0.2, -0.15) is 0 Å². The molecule has 0 saturated carbocycles. The highest BCUT2D eigenvalue weighted by atomic mass is 16.6. The molecule has 6 rings (SSSR count). The number of anilines is 1. The summed E-state index contributed by atoms with van der Waals surface area (Å²) in [5.41, 5.74) is 2.41. The van der Waals surface area contributed by atoms with E-state index in [9.17, 15) is 19.5 Å². The van der Waals surface area contributed by atoms with Gasteiger partial charge < -0.3 is 24.4 Å². The Labute approximate surface area is 238 Å². The molecule has 1 fully saturated rings. The molecular formula is C32H33N3O6. The lowest BCUT2D eigenvalue weighted by Crippen LogP contribution is -2.46. The number of nitrogens with zero attached hydrogens (tertiary/aromatic N) is 3. The first-order chi connectivity index (χ1) is 20.0. The lowest BCUT2D eigenvalue weighted by molar-refractivity contribution is -0.137. The van der Waals surface area contributed by atoms with Crippen LogP contribution in [0.2, 0.25) is 0 Å². The van der Waals surface area contributed by atoms with E-state index in [4.69, 9.17) is 9.47 Å². The molecule has 212 valence electrons. The van der Waals surface area contributed by atoms with E-state index in [1.807, 2.05) is 54.6 Å². The molecule has 0 aliphatic carbocycles. The Balaban J connectivity index is 1.18. The van der Waals surface area contributed by atoms with Crippen LogP contribution >= 0.6 is 0 Å². The van der Waals surface area contributed by atoms with Crippen molar-refractivity contribution in [2.75, 3.05) is 44.3 Å². The van der Waals surface area contributed by atoms with Crippen LogP contribution in [0.25, 0.3) is 0 Å². The molecule has 3 amide bonds. The molecule has 3 aliphatic heterocycles. The average molecular weight is 556 g/mol. The molecule has 9 nitrogen and oxygen atoms in total. The van der Waals surface area contributed by atoms with E-state index in [2.05, 4.69) is 4.90 Å². The van der Waals surface area contributed by atoms with Crippen molar-refractivity contribution in [2.45, 2.75) is 25.5 Å². The number of fused-ring (bicyclic) bond motifs is 2. The number of aliphatic hydroxyl groups excluding tert-OH is 1. The van der Waals surface area contributed by atoms with Crippen LogP contribution in [-0.4, -0.2) is 78.1 Å². The second-order valence-electron chi connectivity index (χ2n) is 10.7. The Kier molecular flexibility index (Phi) is 7.61. The molecule has 3 aromatic rings. The summed E-state index contributed by atoms with van der Waals surface area (Å²) in [4.78, 5) is 45.7. The number of aliphatic hydroxyl groups is 1. The number of amides is 3. The third-order valence-corrected chi connectivity index (χ3v) is 7.94. The molecule has 3 aromatic carbocycles. The molecule has 9 heteroatoms. The van der Waals surface area contributed by atoms with E-state index in [0.29, 0.717) is 47.9 Å². The minimum Gasteiger partial charge on any atom is -0.486 e. The smallest absolute Gasteiger partial charge is 0.263 e. The zero-order valence-electron chi connectivity index (χ0n) is 22.8. The number of ether oxygens (including phenoxy) is 2. The summed E-state index contributed by atoms with van der Waals surface area (Å²) in [5, 5.41) is 9.65. The molecule has 0 radical (unpaired) electrons. The van der Waals surface area contributed by atoms with Gasteiger partial charge in [0.2, 0.25) is 5.91 Å². The summed E-state index contributed by atoms with van der Waals surface area (Å²) in [6, 6.07) is 22.4. The van der Waals surface area contributed by atoms with Gasteiger partial charge in [0.1, 0.15) is 6.61 Å². The monoisotopic (exact) mass is 555 g/mol. The number of benzene rings is 3. The van der Waals surface area contributed by atoms with Gasteiger partial charge in [-0.15, -0.1) is 0 Å². The maximum Gasteiger partial charge on any atom is 0.263 e. The summed E-state index contributed by atoms with van der Waals surface area (Å²) in [6.45, 7) is 1.99. The van der Waals surface area contributed by atoms with Crippen LogP contribution < -0.4 is 14.4 Å². The van der Waals surface area contributed by atoms with Crippen LogP contribution in [0.15, 0.2) is 72.8 Å². The van der Waals surface area contributed by atoms with Crippen molar-refractivity contribution in [2.24, 2.45) is 5.92 Å². The van der Waals surface area contributed by atoms with Gasteiger partial charge in [-0.1, -0.05) is 48.5 Å². The Bertz CT molecular complexity index is 1440. The van der Waals surface area contributed by atoms with Crippen LogP contribution in [0, 0.1) is 5.92 Å². The maximum absolute atomic E-state index is 13.7. The number of para-hydroxylation sites is 2. The normalized spacial score (nSPS) is 19.7. The van der Waals surface area contributed by atoms with Crippen molar-refractivity contribution >= 4 is 23.4 Å². The van der Waals surface area contributed by atoms with Gasteiger partial charge in [-0.3, -0.25) is 19.3 Å². The molecule has 3 aliphatic rings. The molecule has 1 N–H and O–H groups in total. The van der Waals surface area contributed by atoms with Crippen molar-refractivity contribution in [1.29, 1.82) is 0 Å². The first kappa shape index (κ1) is 26.8. The SMILES string of the molecule is O=C([C@H]1CCCN(c2cccc3c2C(=O)N(C[C@H]2COc4ccccc4O2)C3=O)C1)N(CCO)Cc1ccccc1.